The van der Waals surface area contributed by atoms with E-state index in [1.165, 1.54) is 0 Å². The minimum absolute atomic E-state index is 0.109. The molecule has 0 aliphatic rings. The highest BCUT2D eigenvalue weighted by atomic mass is 16.5. The van der Waals surface area contributed by atoms with Crippen molar-refractivity contribution in [2.75, 3.05) is 13.2 Å². The van der Waals surface area contributed by atoms with Crippen LogP contribution in [-0.4, -0.2) is 47.3 Å². The van der Waals surface area contributed by atoms with Crippen molar-refractivity contribution < 1.29 is 24.2 Å². The van der Waals surface area contributed by atoms with Gasteiger partial charge in [0.1, 0.15) is 12.6 Å². The van der Waals surface area contributed by atoms with Crippen LogP contribution in [0.1, 0.15) is 11.3 Å². The average molecular weight is 371 g/mol. The third kappa shape index (κ3) is 7.55. The second kappa shape index (κ2) is 10.5. The van der Waals surface area contributed by atoms with E-state index in [-0.39, 0.29) is 13.0 Å². The first-order chi connectivity index (χ1) is 13.0. The first kappa shape index (κ1) is 19.9. The lowest BCUT2D eigenvalue weighted by Crippen LogP contribution is -2.49. The van der Waals surface area contributed by atoms with E-state index in [4.69, 9.17) is 9.84 Å². The Bertz CT molecular complexity index is 752. The number of ether oxygens (including phenoxy) is 1. The van der Waals surface area contributed by atoms with Gasteiger partial charge < -0.3 is 20.5 Å². The molecule has 0 bridgehead atoms. The molecule has 2 aromatic rings. The van der Waals surface area contributed by atoms with E-state index in [9.17, 15) is 14.4 Å². The molecule has 0 spiro atoms. The average Bonchev–Trinajstić information content (AvgIpc) is 2.67. The number of amides is 2. The SMILES string of the molecule is O=C(O)CNC(=O)[C@H](Cc1ccccc1)NC(=O)OCCc1ccccn1. The molecule has 1 aromatic carbocycles. The van der Waals surface area contributed by atoms with E-state index in [0.717, 1.165) is 11.3 Å². The summed E-state index contributed by atoms with van der Waals surface area (Å²) in [5.74, 6) is -1.76. The molecule has 0 saturated carbocycles. The number of carboxylic acid groups (broad SMARTS) is 1. The number of hydrogen-bond acceptors (Lipinski definition) is 5. The van der Waals surface area contributed by atoms with E-state index in [2.05, 4.69) is 15.6 Å². The first-order valence-corrected chi connectivity index (χ1v) is 8.41. The smallest absolute Gasteiger partial charge is 0.407 e. The Hall–Kier alpha value is -3.42. The number of benzene rings is 1. The zero-order valence-corrected chi connectivity index (χ0v) is 14.6. The van der Waals surface area contributed by atoms with Gasteiger partial charge in [0.25, 0.3) is 0 Å². The zero-order chi connectivity index (χ0) is 19.5. The van der Waals surface area contributed by atoms with Crippen LogP contribution in [0.15, 0.2) is 54.7 Å². The molecule has 0 fully saturated rings. The lowest BCUT2D eigenvalue weighted by molar-refractivity contribution is -0.138. The summed E-state index contributed by atoms with van der Waals surface area (Å²) in [4.78, 5) is 39.0. The van der Waals surface area contributed by atoms with Gasteiger partial charge in [-0.2, -0.15) is 0 Å². The Kier molecular flexibility index (Phi) is 7.77. The normalized spacial score (nSPS) is 11.3. The Morgan fingerprint density at radius 3 is 2.48 bits per heavy atom. The highest BCUT2D eigenvalue weighted by molar-refractivity contribution is 5.88. The van der Waals surface area contributed by atoms with Crippen LogP contribution in [0.5, 0.6) is 0 Å². The maximum Gasteiger partial charge on any atom is 0.407 e. The second-order valence-corrected chi connectivity index (χ2v) is 5.71. The summed E-state index contributed by atoms with van der Waals surface area (Å²) < 4.78 is 5.10. The van der Waals surface area contributed by atoms with Crippen molar-refractivity contribution in [3.05, 3.63) is 66.0 Å². The Morgan fingerprint density at radius 2 is 1.81 bits per heavy atom. The van der Waals surface area contributed by atoms with Crippen molar-refractivity contribution in [2.45, 2.75) is 18.9 Å². The van der Waals surface area contributed by atoms with Crippen LogP contribution in [0.3, 0.4) is 0 Å². The molecule has 0 aliphatic heterocycles. The number of hydrogen-bond donors (Lipinski definition) is 3. The molecule has 0 aliphatic carbocycles. The second-order valence-electron chi connectivity index (χ2n) is 5.71. The number of aliphatic carboxylic acids is 1. The Labute approximate surface area is 156 Å². The van der Waals surface area contributed by atoms with Gasteiger partial charge in [0, 0.05) is 24.7 Å². The minimum atomic E-state index is -1.17. The van der Waals surface area contributed by atoms with Crippen molar-refractivity contribution in [2.24, 2.45) is 0 Å². The van der Waals surface area contributed by atoms with Crippen LogP contribution in [0, 0.1) is 0 Å². The van der Waals surface area contributed by atoms with E-state index >= 15 is 0 Å². The molecule has 27 heavy (non-hydrogen) atoms. The van der Waals surface area contributed by atoms with E-state index in [1.54, 1.807) is 12.3 Å². The van der Waals surface area contributed by atoms with Crippen molar-refractivity contribution in [3.8, 4) is 0 Å². The molecule has 142 valence electrons. The maximum atomic E-state index is 12.2. The summed E-state index contributed by atoms with van der Waals surface area (Å²) in [6, 6.07) is 13.6. The number of alkyl carbamates (subject to hydrolysis) is 1. The van der Waals surface area contributed by atoms with E-state index < -0.39 is 30.6 Å². The summed E-state index contributed by atoms with van der Waals surface area (Å²) >= 11 is 0. The van der Waals surface area contributed by atoms with Gasteiger partial charge in [-0.3, -0.25) is 14.6 Å². The van der Waals surface area contributed by atoms with Crippen LogP contribution < -0.4 is 10.6 Å². The molecule has 1 aromatic heterocycles. The summed E-state index contributed by atoms with van der Waals surface area (Å²) in [7, 11) is 0. The van der Waals surface area contributed by atoms with Crippen LogP contribution in [-0.2, 0) is 27.2 Å². The number of pyridine rings is 1. The molecule has 8 heteroatoms. The molecule has 1 heterocycles. The van der Waals surface area contributed by atoms with Gasteiger partial charge in [-0.25, -0.2) is 4.79 Å². The summed E-state index contributed by atoms with van der Waals surface area (Å²) in [5, 5.41) is 13.5. The summed E-state index contributed by atoms with van der Waals surface area (Å²) in [6.07, 6.45) is 1.56. The van der Waals surface area contributed by atoms with E-state index in [0.29, 0.717) is 6.42 Å². The van der Waals surface area contributed by atoms with Gasteiger partial charge in [-0.15, -0.1) is 0 Å². The number of nitrogens with one attached hydrogen (secondary N) is 2. The fraction of sp³-hybridized carbons (Fsp3) is 0.263. The Balaban J connectivity index is 1.90. The summed E-state index contributed by atoms with van der Waals surface area (Å²) in [5.41, 5.74) is 1.60. The standard InChI is InChI=1S/C19H21N3O5/c23-17(24)13-21-18(25)16(12-14-6-2-1-3-7-14)22-19(26)27-11-9-15-8-4-5-10-20-15/h1-8,10,16H,9,11-13H2,(H,21,25)(H,22,26)(H,23,24)/t16-/m0/s1. The number of carboxylic acids is 1. The highest BCUT2D eigenvalue weighted by Crippen LogP contribution is 2.04. The van der Waals surface area contributed by atoms with Crippen LogP contribution in [0.25, 0.3) is 0 Å². The largest absolute Gasteiger partial charge is 0.480 e. The van der Waals surface area contributed by atoms with Crippen LogP contribution in [0.2, 0.25) is 0 Å². The fourth-order valence-electron chi connectivity index (χ4n) is 2.32. The molecule has 0 unspecified atom stereocenters. The number of nitrogens with zero attached hydrogens (tertiary/aromatic N) is 1. The molecule has 1 atom stereocenters. The highest BCUT2D eigenvalue weighted by Gasteiger charge is 2.22. The van der Waals surface area contributed by atoms with Gasteiger partial charge in [-0.1, -0.05) is 36.4 Å². The van der Waals surface area contributed by atoms with Gasteiger partial charge in [-0.05, 0) is 17.7 Å². The number of rotatable bonds is 9. The molecule has 3 N–H and O–H groups in total. The van der Waals surface area contributed by atoms with Crippen molar-refractivity contribution in [1.29, 1.82) is 0 Å². The zero-order valence-electron chi connectivity index (χ0n) is 14.6. The molecular formula is C19H21N3O5. The number of carbonyl (C=O) groups excluding carboxylic acids is 2. The number of aromatic nitrogens is 1. The summed E-state index contributed by atoms with van der Waals surface area (Å²) in [6.45, 7) is -0.418. The van der Waals surface area contributed by atoms with Crippen molar-refractivity contribution in [3.63, 3.8) is 0 Å². The molecule has 0 saturated heterocycles. The molecule has 2 amide bonds. The molecule has 0 radical (unpaired) electrons. The quantitative estimate of drug-likeness (QED) is 0.609. The lowest BCUT2D eigenvalue weighted by Gasteiger charge is -2.18. The fourth-order valence-corrected chi connectivity index (χ4v) is 2.32. The van der Waals surface area contributed by atoms with Crippen molar-refractivity contribution in [1.82, 2.24) is 15.6 Å². The molecular weight excluding hydrogens is 350 g/mol. The van der Waals surface area contributed by atoms with Gasteiger partial charge in [0.15, 0.2) is 0 Å². The third-order valence-electron chi connectivity index (χ3n) is 3.62. The van der Waals surface area contributed by atoms with E-state index in [1.807, 2.05) is 42.5 Å². The maximum absolute atomic E-state index is 12.2. The topological polar surface area (TPSA) is 118 Å². The van der Waals surface area contributed by atoms with Gasteiger partial charge in [0.05, 0.1) is 6.61 Å². The number of carbonyl (C=O) groups is 3. The third-order valence-corrected chi connectivity index (χ3v) is 3.62. The van der Waals surface area contributed by atoms with Crippen LogP contribution in [0.4, 0.5) is 4.79 Å². The predicted octanol–water partition coefficient (Wildman–Crippen LogP) is 1.16. The van der Waals surface area contributed by atoms with Gasteiger partial charge >= 0.3 is 12.1 Å². The minimum Gasteiger partial charge on any atom is -0.480 e. The van der Waals surface area contributed by atoms with Crippen LogP contribution >= 0.6 is 0 Å². The van der Waals surface area contributed by atoms with Gasteiger partial charge in [0.2, 0.25) is 5.91 Å². The Morgan fingerprint density at radius 1 is 1.07 bits per heavy atom. The lowest BCUT2D eigenvalue weighted by atomic mass is 10.1. The first-order valence-electron chi connectivity index (χ1n) is 8.41. The predicted molar refractivity (Wildman–Crippen MR) is 97.0 cm³/mol. The molecule has 8 nitrogen and oxygen atoms in total. The molecule has 2 rings (SSSR count). The monoisotopic (exact) mass is 371 g/mol. The van der Waals surface area contributed by atoms with Crippen molar-refractivity contribution >= 4 is 18.0 Å².